The normalized spacial score (nSPS) is 11.6. The van der Waals surface area contributed by atoms with Crippen LogP contribution in [0.5, 0.6) is 5.75 Å². The molecule has 32 heavy (non-hydrogen) atoms. The van der Waals surface area contributed by atoms with Gasteiger partial charge in [-0.05, 0) is 44.5 Å². The minimum atomic E-state index is -3.98. The van der Waals surface area contributed by atoms with E-state index in [0.717, 1.165) is 12.6 Å². The lowest BCUT2D eigenvalue weighted by Gasteiger charge is -2.24. The van der Waals surface area contributed by atoms with E-state index in [1.165, 1.54) is 13.2 Å². The number of benzene rings is 2. The number of ether oxygens (including phenoxy) is 2. The molecule has 2 aromatic rings. The maximum absolute atomic E-state index is 13.0. The van der Waals surface area contributed by atoms with E-state index in [4.69, 9.17) is 9.47 Å². The molecule has 0 saturated heterocycles. The van der Waals surface area contributed by atoms with Gasteiger partial charge in [0, 0.05) is 28.2 Å². The van der Waals surface area contributed by atoms with E-state index >= 15 is 0 Å². The van der Waals surface area contributed by atoms with Crippen LogP contribution in [0.15, 0.2) is 47.4 Å². The molecule has 0 radical (unpaired) electrons. The zero-order valence-corrected chi connectivity index (χ0v) is 21.0. The number of sulfonamides is 1. The molecule has 0 atom stereocenters. The summed E-state index contributed by atoms with van der Waals surface area (Å²) in [5.74, 6) is -0.168. The number of amides is 1. The molecule has 0 unspecified atom stereocenters. The molecular formula is C23H26BrNO6S. The lowest BCUT2D eigenvalue weighted by Crippen LogP contribution is -2.38. The van der Waals surface area contributed by atoms with Gasteiger partial charge in [-0.1, -0.05) is 46.8 Å². The minimum Gasteiger partial charge on any atom is -0.496 e. The third kappa shape index (κ3) is 6.20. The second-order valence-corrected chi connectivity index (χ2v) is 10.9. The van der Waals surface area contributed by atoms with E-state index < -0.39 is 27.5 Å². The van der Waals surface area contributed by atoms with Crippen molar-refractivity contribution in [3.63, 3.8) is 0 Å². The standard InChI is InChI=1S/C23H26BrNO6S/c1-7-16-9-10-17(13-20(16)30-6)21(26)18-11-8-15(12-19(18)24)14-32(28,29)25(5)22(27)31-23(2,3)4/h7-13H,1,14H2,2-6H3. The minimum absolute atomic E-state index is 0.258. The van der Waals surface area contributed by atoms with Crippen molar-refractivity contribution >= 4 is 43.9 Å². The van der Waals surface area contributed by atoms with Gasteiger partial charge in [0.05, 0.1) is 12.9 Å². The molecule has 0 saturated carbocycles. The quantitative estimate of drug-likeness (QED) is 0.472. The van der Waals surface area contributed by atoms with Gasteiger partial charge in [-0.2, -0.15) is 0 Å². The highest BCUT2D eigenvalue weighted by atomic mass is 79.9. The van der Waals surface area contributed by atoms with Crippen molar-refractivity contribution in [3.8, 4) is 5.75 Å². The molecule has 0 heterocycles. The van der Waals surface area contributed by atoms with E-state index in [1.54, 1.807) is 57.2 Å². The zero-order valence-electron chi connectivity index (χ0n) is 18.6. The summed E-state index contributed by atoms with van der Waals surface area (Å²) in [6.45, 7) is 8.67. The molecule has 0 aliphatic heterocycles. The Hall–Kier alpha value is -2.65. The fourth-order valence-corrected chi connectivity index (χ4v) is 4.42. The monoisotopic (exact) mass is 523 g/mol. The lowest BCUT2D eigenvalue weighted by atomic mass is 10.0. The van der Waals surface area contributed by atoms with Gasteiger partial charge in [0.25, 0.3) is 0 Å². The number of carbonyl (C=O) groups is 2. The summed E-state index contributed by atoms with van der Waals surface area (Å²) in [6.07, 6.45) is 0.673. The molecule has 1 amide bonds. The Morgan fingerprint density at radius 1 is 1.16 bits per heavy atom. The van der Waals surface area contributed by atoms with Crippen LogP contribution in [0.25, 0.3) is 6.08 Å². The number of halogens is 1. The average molecular weight is 524 g/mol. The van der Waals surface area contributed by atoms with Crippen LogP contribution in [0.4, 0.5) is 4.79 Å². The SMILES string of the molecule is C=Cc1ccc(C(=O)c2ccc(CS(=O)(=O)N(C)C(=O)OC(C)(C)C)cc2Br)cc1OC. The second kappa shape index (κ2) is 9.87. The van der Waals surface area contributed by atoms with Gasteiger partial charge in [0.15, 0.2) is 5.78 Å². The lowest BCUT2D eigenvalue weighted by molar-refractivity contribution is 0.0420. The predicted octanol–water partition coefficient (Wildman–Crippen LogP) is 5.03. The Bertz CT molecular complexity index is 1150. The summed E-state index contributed by atoms with van der Waals surface area (Å²) >= 11 is 3.35. The highest BCUT2D eigenvalue weighted by molar-refractivity contribution is 9.10. The largest absolute Gasteiger partial charge is 0.496 e. The van der Waals surface area contributed by atoms with Crippen molar-refractivity contribution in [2.45, 2.75) is 32.1 Å². The maximum Gasteiger partial charge on any atom is 0.423 e. The van der Waals surface area contributed by atoms with Crippen LogP contribution in [0.3, 0.4) is 0 Å². The fourth-order valence-electron chi connectivity index (χ4n) is 2.76. The summed E-state index contributed by atoms with van der Waals surface area (Å²) in [6, 6.07) is 9.65. The number of hydrogen-bond donors (Lipinski definition) is 0. The van der Waals surface area contributed by atoms with Crippen molar-refractivity contribution in [1.29, 1.82) is 0 Å². The zero-order chi connectivity index (χ0) is 24.3. The van der Waals surface area contributed by atoms with E-state index in [0.29, 0.717) is 31.2 Å². The molecule has 172 valence electrons. The first-order chi connectivity index (χ1) is 14.8. The molecule has 0 spiro atoms. The molecule has 0 aliphatic rings. The third-order valence-corrected chi connectivity index (χ3v) is 6.75. The third-order valence-electron chi connectivity index (χ3n) is 4.41. The van der Waals surface area contributed by atoms with E-state index in [-0.39, 0.29) is 5.78 Å². The van der Waals surface area contributed by atoms with Gasteiger partial charge in [-0.3, -0.25) is 4.79 Å². The van der Waals surface area contributed by atoms with Gasteiger partial charge < -0.3 is 9.47 Å². The topological polar surface area (TPSA) is 90.0 Å². The Morgan fingerprint density at radius 3 is 2.34 bits per heavy atom. The average Bonchev–Trinajstić information content (AvgIpc) is 2.70. The van der Waals surface area contributed by atoms with Crippen LogP contribution in [0.1, 0.15) is 47.8 Å². The first-order valence-electron chi connectivity index (χ1n) is 9.62. The van der Waals surface area contributed by atoms with Crippen LogP contribution in [-0.4, -0.2) is 44.4 Å². The summed E-state index contributed by atoms with van der Waals surface area (Å²) in [5, 5.41) is 0. The summed E-state index contributed by atoms with van der Waals surface area (Å²) < 4.78 is 36.7. The molecule has 0 bridgehead atoms. The molecule has 7 nitrogen and oxygen atoms in total. The number of nitrogens with zero attached hydrogens (tertiary/aromatic N) is 1. The van der Waals surface area contributed by atoms with Gasteiger partial charge in [0.2, 0.25) is 10.0 Å². The van der Waals surface area contributed by atoms with Gasteiger partial charge in [0.1, 0.15) is 11.4 Å². The van der Waals surface area contributed by atoms with Crippen molar-refractivity contribution in [2.24, 2.45) is 0 Å². The van der Waals surface area contributed by atoms with E-state index in [9.17, 15) is 18.0 Å². The predicted molar refractivity (Wildman–Crippen MR) is 127 cm³/mol. The first-order valence-corrected chi connectivity index (χ1v) is 12.0. The molecule has 0 aromatic heterocycles. The summed E-state index contributed by atoms with van der Waals surface area (Å²) in [4.78, 5) is 25.1. The van der Waals surface area contributed by atoms with Crippen molar-refractivity contribution in [1.82, 2.24) is 4.31 Å². The molecule has 2 aromatic carbocycles. The Balaban J connectivity index is 2.26. The van der Waals surface area contributed by atoms with Crippen molar-refractivity contribution in [3.05, 3.63) is 69.7 Å². The van der Waals surface area contributed by atoms with Crippen LogP contribution in [-0.2, 0) is 20.5 Å². The summed E-state index contributed by atoms with van der Waals surface area (Å²) in [7, 11) is -1.32. The van der Waals surface area contributed by atoms with Crippen LogP contribution in [0, 0.1) is 0 Å². The molecule has 0 N–H and O–H groups in total. The van der Waals surface area contributed by atoms with Crippen LogP contribution >= 0.6 is 15.9 Å². The molecular weight excluding hydrogens is 498 g/mol. The van der Waals surface area contributed by atoms with E-state index in [2.05, 4.69) is 22.5 Å². The van der Waals surface area contributed by atoms with Crippen molar-refractivity contribution < 1.29 is 27.5 Å². The van der Waals surface area contributed by atoms with Gasteiger partial charge >= 0.3 is 6.09 Å². The van der Waals surface area contributed by atoms with Gasteiger partial charge in [-0.15, -0.1) is 0 Å². The fraction of sp³-hybridized carbons (Fsp3) is 0.304. The maximum atomic E-state index is 13.0. The molecule has 0 fully saturated rings. The second-order valence-electron chi connectivity index (χ2n) is 8.01. The number of carbonyl (C=O) groups excluding carboxylic acids is 2. The molecule has 0 aliphatic carbocycles. The van der Waals surface area contributed by atoms with Gasteiger partial charge in [-0.25, -0.2) is 17.5 Å². The van der Waals surface area contributed by atoms with E-state index in [1.807, 2.05) is 0 Å². The van der Waals surface area contributed by atoms with Crippen molar-refractivity contribution in [2.75, 3.05) is 14.2 Å². The molecule has 9 heteroatoms. The van der Waals surface area contributed by atoms with Crippen LogP contribution in [0.2, 0.25) is 0 Å². The highest BCUT2D eigenvalue weighted by Crippen LogP contribution is 2.27. The number of ketones is 1. The highest BCUT2D eigenvalue weighted by Gasteiger charge is 2.28. The Morgan fingerprint density at radius 2 is 1.81 bits per heavy atom. The number of methoxy groups -OCH3 is 1. The first kappa shape index (κ1) is 25.6. The number of hydrogen-bond acceptors (Lipinski definition) is 6. The Labute approximate surface area is 197 Å². The summed E-state index contributed by atoms with van der Waals surface area (Å²) in [5.41, 5.74) is 1.12. The smallest absolute Gasteiger partial charge is 0.423 e. The molecule has 2 rings (SSSR count). The van der Waals surface area contributed by atoms with Crippen LogP contribution < -0.4 is 4.74 Å². The number of rotatable bonds is 7. The Kier molecular flexibility index (Phi) is 7.90.